The summed E-state index contributed by atoms with van der Waals surface area (Å²) in [6.07, 6.45) is 1.78. The summed E-state index contributed by atoms with van der Waals surface area (Å²) < 4.78 is 26.5. The van der Waals surface area contributed by atoms with E-state index in [1.54, 1.807) is 21.9 Å². The number of carbonyl (C=O) groups is 2. The van der Waals surface area contributed by atoms with Gasteiger partial charge >= 0.3 is 0 Å². The molecule has 0 atom stereocenters. The van der Waals surface area contributed by atoms with Crippen LogP contribution in [0.1, 0.15) is 30.1 Å². The van der Waals surface area contributed by atoms with Crippen LogP contribution in [-0.2, 0) is 14.8 Å². The van der Waals surface area contributed by atoms with Gasteiger partial charge in [0.15, 0.2) is 0 Å². The highest BCUT2D eigenvalue weighted by Gasteiger charge is 2.28. The van der Waals surface area contributed by atoms with Crippen molar-refractivity contribution in [3.05, 3.63) is 29.8 Å². The lowest BCUT2D eigenvalue weighted by Crippen LogP contribution is -2.50. The molecule has 2 saturated heterocycles. The van der Waals surface area contributed by atoms with E-state index >= 15 is 0 Å². The molecule has 25 heavy (non-hydrogen) atoms. The fourth-order valence-electron chi connectivity index (χ4n) is 3.25. The highest BCUT2D eigenvalue weighted by molar-refractivity contribution is 7.89. The van der Waals surface area contributed by atoms with Gasteiger partial charge in [0.2, 0.25) is 15.9 Å². The van der Waals surface area contributed by atoms with Crippen LogP contribution in [-0.4, -0.2) is 73.6 Å². The van der Waals surface area contributed by atoms with Gasteiger partial charge in [0.05, 0.1) is 4.90 Å². The molecule has 0 bridgehead atoms. The standard InChI is InChI=1S/C17H23N3O4S/c1-14(21)18-10-12-19(13-11-18)17(22)15-4-6-16(7-5-15)25(23,24)20-8-2-3-9-20/h4-7H,2-3,8-13H2,1H3. The molecular formula is C17H23N3O4S. The van der Waals surface area contributed by atoms with Crippen molar-refractivity contribution in [2.24, 2.45) is 0 Å². The van der Waals surface area contributed by atoms with Crippen LogP contribution in [0.25, 0.3) is 0 Å². The highest BCUT2D eigenvalue weighted by Crippen LogP contribution is 2.21. The third-order valence-electron chi connectivity index (χ3n) is 4.82. The molecule has 0 aliphatic carbocycles. The van der Waals surface area contributed by atoms with Crippen LogP contribution in [0.4, 0.5) is 0 Å². The maximum atomic E-state index is 12.6. The Bertz CT molecular complexity index is 747. The third kappa shape index (κ3) is 3.69. The molecule has 0 aromatic heterocycles. The number of rotatable bonds is 3. The molecule has 2 aliphatic heterocycles. The maximum absolute atomic E-state index is 12.6. The fourth-order valence-corrected chi connectivity index (χ4v) is 4.77. The summed E-state index contributed by atoms with van der Waals surface area (Å²) in [5, 5.41) is 0. The number of piperazine rings is 1. The normalized spacial score (nSPS) is 19.2. The third-order valence-corrected chi connectivity index (χ3v) is 6.73. The van der Waals surface area contributed by atoms with Crippen LogP contribution in [0, 0.1) is 0 Å². The van der Waals surface area contributed by atoms with Crippen LogP contribution < -0.4 is 0 Å². The second-order valence-corrected chi connectivity index (χ2v) is 8.37. The Hall–Kier alpha value is -1.93. The van der Waals surface area contributed by atoms with Crippen LogP contribution in [0.3, 0.4) is 0 Å². The van der Waals surface area contributed by atoms with Gasteiger partial charge in [0.25, 0.3) is 5.91 Å². The van der Waals surface area contributed by atoms with E-state index in [1.807, 2.05) is 0 Å². The molecule has 1 aromatic rings. The molecule has 136 valence electrons. The summed E-state index contributed by atoms with van der Waals surface area (Å²) in [5.74, 6) is -0.114. The molecule has 0 unspecified atom stereocenters. The molecule has 0 N–H and O–H groups in total. The molecule has 0 radical (unpaired) electrons. The van der Waals surface area contributed by atoms with Gasteiger partial charge in [0.1, 0.15) is 0 Å². The minimum absolute atomic E-state index is 0.0172. The predicted molar refractivity (Wildman–Crippen MR) is 92.6 cm³/mol. The van der Waals surface area contributed by atoms with Gasteiger partial charge in [-0.15, -0.1) is 0 Å². The Labute approximate surface area is 148 Å². The van der Waals surface area contributed by atoms with Gasteiger partial charge in [0, 0.05) is 51.8 Å². The van der Waals surface area contributed by atoms with Crippen molar-refractivity contribution in [3.8, 4) is 0 Å². The summed E-state index contributed by atoms with van der Waals surface area (Å²) in [6.45, 7) is 4.69. The van der Waals surface area contributed by atoms with Crippen LogP contribution in [0.2, 0.25) is 0 Å². The zero-order valence-electron chi connectivity index (χ0n) is 14.3. The van der Waals surface area contributed by atoms with Crippen molar-refractivity contribution < 1.29 is 18.0 Å². The minimum Gasteiger partial charge on any atom is -0.339 e. The quantitative estimate of drug-likeness (QED) is 0.793. The van der Waals surface area contributed by atoms with Gasteiger partial charge < -0.3 is 9.80 Å². The summed E-state index contributed by atoms with van der Waals surface area (Å²) in [4.78, 5) is 27.5. The number of sulfonamides is 1. The summed E-state index contributed by atoms with van der Waals surface area (Å²) in [7, 11) is -3.46. The van der Waals surface area contributed by atoms with E-state index in [0.29, 0.717) is 44.8 Å². The summed E-state index contributed by atoms with van der Waals surface area (Å²) >= 11 is 0. The topological polar surface area (TPSA) is 78.0 Å². The Morgan fingerprint density at radius 2 is 1.36 bits per heavy atom. The maximum Gasteiger partial charge on any atom is 0.253 e. The lowest BCUT2D eigenvalue weighted by atomic mass is 10.2. The van der Waals surface area contributed by atoms with Crippen LogP contribution in [0.15, 0.2) is 29.2 Å². The van der Waals surface area contributed by atoms with Gasteiger partial charge in [-0.25, -0.2) is 8.42 Å². The first kappa shape index (κ1) is 17.9. The molecule has 7 nitrogen and oxygen atoms in total. The second-order valence-electron chi connectivity index (χ2n) is 6.43. The lowest BCUT2D eigenvalue weighted by molar-refractivity contribution is -0.130. The Balaban J connectivity index is 1.68. The largest absolute Gasteiger partial charge is 0.339 e. The van der Waals surface area contributed by atoms with Crippen molar-refractivity contribution in [2.45, 2.75) is 24.7 Å². The molecule has 0 spiro atoms. The molecule has 8 heteroatoms. The Kier molecular flexibility index (Phi) is 5.10. The van der Waals surface area contributed by atoms with E-state index < -0.39 is 10.0 Å². The first-order valence-corrected chi connectivity index (χ1v) is 9.98. The molecular weight excluding hydrogens is 342 g/mol. The molecule has 2 heterocycles. The Morgan fingerprint density at radius 1 is 0.840 bits per heavy atom. The van der Waals surface area contributed by atoms with Gasteiger partial charge in [-0.05, 0) is 37.1 Å². The van der Waals surface area contributed by atoms with Crippen molar-refractivity contribution in [1.29, 1.82) is 0 Å². The lowest BCUT2D eigenvalue weighted by Gasteiger charge is -2.34. The van der Waals surface area contributed by atoms with Crippen molar-refractivity contribution in [2.75, 3.05) is 39.3 Å². The SMILES string of the molecule is CC(=O)N1CCN(C(=O)c2ccc(S(=O)(=O)N3CCCC3)cc2)CC1. The zero-order valence-corrected chi connectivity index (χ0v) is 15.2. The average molecular weight is 365 g/mol. The van der Waals surface area contributed by atoms with Crippen molar-refractivity contribution in [1.82, 2.24) is 14.1 Å². The fraction of sp³-hybridized carbons (Fsp3) is 0.529. The van der Waals surface area contributed by atoms with E-state index in [-0.39, 0.29) is 16.7 Å². The first-order valence-electron chi connectivity index (χ1n) is 8.54. The zero-order chi connectivity index (χ0) is 18.0. The first-order chi connectivity index (χ1) is 11.9. The van der Waals surface area contributed by atoms with E-state index in [0.717, 1.165) is 12.8 Å². The second kappa shape index (κ2) is 7.13. The summed E-state index contributed by atoms with van der Waals surface area (Å²) in [5.41, 5.74) is 0.469. The molecule has 0 saturated carbocycles. The van der Waals surface area contributed by atoms with Crippen LogP contribution >= 0.6 is 0 Å². The van der Waals surface area contributed by atoms with E-state index in [1.165, 1.54) is 23.4 Å². The minimum atomic E-state index is -3.46. The number of hydrogen-bond donors (Lipinski definition) is 0. The van der Waals surface area contributed by atoms with Crippen molar-refractivity contribution >= 4 is 21.8 Å². The highest BCUT2D eigenvalue weighted by atomic mass is 32.2. The molecule has 2 aliphatic rings. The van der Waals surface area contributed by atoms with Crippen molar-refractivity contribution in [3.63, 3.8) is 0 Å². The van der Waals surface area contributed by atoms with E-state index in [9.17, 15) is 18.0 Å². The number of nitrogens with zero attached hydrogens (tertiary/aromatic N) is 3. The van der Waals surface area contributed by atoms with Gasteiger partial charge in [-0.2, -0.15) is 4.31 Å². The smallest absolute Gasteiger partial charge is 0.253 e. The Morgan fingerprint density at radius 3 is 1.88 bits per heavy atom. The summed E-state index contributed by atoms with van der Waals surface area (Å²) in [6, 6.07) is 6.16. The van der Waals surface area contributed by atoms with E-state index in [4.69, 9.17) is 0 Å². The average Bonchev–Trinajstić information content (AvgIpc) is 3.17. The molecule has 2 fully saturated rings. The molecule has 3 rings (SSSR count). The number of hydrogen-bond acceptors (Lipinski definition) is 4. The number of benzene rings is 1. The monoisotopic (exact) mass is 365 g/mol. The van der Waals surface area contributed by atoms with Gasteiger partial charge in [-0.3, -0.25) is 9.59 Å². The predicted octanol–water partition coefficient (Wildman–Crippen LogP) is 0.775. The molecule has 1 aromatic carbocycles. The molecule has 2 amide bonds. The van der Waals surface area contributed by atoms with Gasteiger partial charge in [-0.1, -0.05) is 0 Å². The van der Waals surface area contributed by atoms with E-state index in [2.05, 4.69) is 0 Å². The number of amides is 2. The van der Waals surface area contributed by atoms with Crippen LogP contribution in [0.5, 0.6) is 0 Å². The number of carbonyl (C=O) groups excluding carboxylic acids is 2.